The predicted octanol–water partition coefficient (Wildman–Crippen LogP) is 1.41. The summed E-state index contributed by atoms with van der Waals surface area (Å²) in [5.41, 5.74) is 0. The molecule has 0 unspecified atom stereocenters. The van der Waals surface area contributed by atoms with Crippen LogP contribution < -0.4 is 0 Å². The van der Waals surface area contributed by atoms with Crippen LogP contribution in [0, 0.1) is 0 Å². The molecule has 0 aliphatic rings. The molecule has 0 aromatic rings. The van der Waals surface area contributed by atoms with Crippen LogP contribution in [0.1, 0.15) is 0 Å². The van der Waals surface area contributed by atoms with Gasteiger partial charge in [-0.15, -0.1) is 0 Å². The molecule has 0 amide bonds. The summed E-state index contributed by atoms with van der Waals surface area (Å²) >= 11 is 0. The van der Waals surface area contributed by atoms with Crippen molar-refractivity contribution in [2.24, 2.45) is 0 Å². The third-order valence-electron chi connectivity index (χ3n) is 0.461. The van der Waals surface area contributed by atoms with E-state index in [0.717, 1.165) is 21.6 Å². The van der Waals surface area contributed by atoms with Gasteiger partial charge in [0.2, 0.25) is 0 Å². The minimum Gasteiger partial charge on any atom is -0.481 e. The summed E-state index contributed by atoms with van der Waals surface area (Å²) < 4.78 is 0. The molecule has 7 nitrogen and oxygen atoms in total. The van der Waals surface area contributed by atoms with Crippen LogP contribution in [0.3, 0.4) is 0 Å². The average Bonchev–Trinajstić information content (AvgIpc) is 2.01. The first-order chi connectivity index (χ1) is 6.86. The highest BCUT2D eigenvalue weighted by Crippen LogP contribution is 2.33. The number of rotatable bonds is 6. The van der Waals surface area contributed by atoms with Gasteiger partial charge in [0.15, 0.2) is 0 Å². The van der Waals surface area contributed by atoms with Crippen molar-refractivity contribution in [2.75, 3.05) is 11.5 Å². The monoisotopic (exact) mass is 276 g/mol. The topological polar surface area (TPSA) is 132 Å². The summed E-state index contributed by atoms with van der Waals surface area (Å²) in [5.74, 6) is -1.79. The molecule has 0 fully saturated rings. The minimum atomic E-state index is -1.83. The summed E-state index contributed by atoms with van der Waals surface area (Å²) in [6.07, 6.45) is -1.83. The van der Waals surface area contributed by atoms with E-state index < -0.39 is 18.1 Å². The standard InChI is InChI=1S/C4H6O4S3.CH2O3/c5-3(6)1-9-11-10-2-4(7)8;2-1(3)4/h1-2H2,(H,5,6)(H,7,8);(H2,2,3,4). The molecule has 0 saturated carbocycles. The van der Waals surface area contributed by atoms with Gasteiger partial charge in [-0.05, 0) is 9.83 Å². The fourth-order valence-electron chi connectivity index (χ4n) is 0.183. The van der Waals surface area contributed by atoms with Crippen LogP contribution in [-0.4, -0.2) is 50.0 Å². The molecule has 15 heavy (non-hydrogen) atoms. The van der Waals surface area contributed by atoms with Gasteiger partial charge in [-0.1, -0.05) is 21.6 Å². The Morgan fingerprint density at radius 3 is 1.27 bits per heavy atom. The molecule has 0 aliphatic carbocycles. The predicted molar refractivity (Wildman–Crippen MR) is 58.4 cm³/mol. The Morgan fingerprint density at radius 1 is 0.800 bits per heavy atom. The van der Waals surface area contributed by atoms with Crippen LogP contribution in [0.5, 0.6) is 0 Å². The van der Waals surface area contributed by atoms with E-state index in [4.69, 9.17) is 25.2 Å². The molecule has 0 heterocycles. The smallest absolute Gasteiger partial charge is 0.481 e. The first kappa shape index (κ1) is 16.7. The fraction of sp³-hybridized carbons (Fsp3) is 0.400. The highest BCUT2D eigenvalue weighted by molar-refractivity contribution is 9.09. The number of carbonyl (C=O) groups is 3. The van der Waals surface area contributed by atoms with Crippen molar-refractivity contribution < 1.29 is 34.8 Å². The van der Waals surface area contributed by atoms with Crippen LogP contribution in [-0.2, 0) is 9.59 Å². The maximum atomic E-state index is 9.94. The van der Waals surface area contributed by atoms with Crippen molar-refractivity contribution >= 4 is 49.5 Å². The Hall–Kier alpha value is -0.740. The van der Waals surface area contributed by atoms with Crippen LogP contribution in [0.25, 0.3) is 0 Å². The Kier molecular flexibility index (Phi) is 12.6. The Labute approximate surface area is 96.0 Å². The second-order valence-electron chi connectivity index (χ2n) is 1.66. The van der Waals surface area contributed by atoms with Gasteiger partial charge in [-0.2, -0.15) is 0 Å². The molecule has 0 saturated heterocycles. The summed E-state index contributed by atoms with van der Waals surface area (Å²) in [6, 6.07) is 0. The zero-order valence-corrected chi connectivity index (χ0v) is 9.60. The molecule has 0 bridgehead atoms. The first-order valence-electron chi connectivity index (χ1n) is 3.12. The molecule has 0 rings (SSSR count). The van der Waals surface area contributed by atoms with Gasteiger partial charge in [0, 0.05) is 0 Å². The van der Waals surface area contributed by atoms with E-state index in [2.05, 4.69) is 0 Å². The average molecular weight is 276 g/mol. The van der Waals surface area contributed by atoms with Crippen molar-refractivity contribution in [3.8, 4) is 0 Å². The van der Waals surface area contributed by atoms with Crippen LogP contribution in [0.15, 0.2) is 0 Å². The second-order valence-corrected chi connectivity index (χ2v) is 5.89. The number of hydrogen-bond acceptors (Lipinski definition) is 6. The maximum absolute atomic E-state index is 9.94. The summed E-state index contributed by atoms with van der Waals surface area (Å²) in [7, 11) is 3.42. The maximum Gasteiger partial charge on any atom is 0.503 e. The van der Waals surface area contributed by atoms with Crippen molar-refractivity contribution in [1.82, 2.24) is 0 Å². The quantitative estimate of drug-likeness (QED) is 0.417. The van der Waals surface area contributed by atoms with Gasteiger partial charge in [-0.3, -0.25) is 9.59 Å². The molecule has 10 heteroatoms. The largest absolute Gasteiger partial charge is 0.503 e. The number of carboxylic acid groups (broad SMARTS) is 4. The van der Waals surface area contributed by atoms with Gasteiger partial charge < -0.3 is 20.4 Å². The Bertz CT molecular complexity index is 199. The van der Waals surface area contributed by atoms with Crippen molar-refractivity contribution in [3.63, 3.8) is 0 Å². The summed E-state index contributed by atoms with van der Waals surface area (Å²) in [5, 5.41) is 30.3. The molecule has 4 N–H and O–H groups in total. The van der Waals surface area contributed by atoms with Crippen LogP contribution in [0.2, 0.25) is 0 Å². The molecular weight excluding hydrogens is 268 g/mol. The number of hydrogen-bond donors (Lipinski definition) is 4. The summed E-state index contributed by atoms with van der Waals surface area (Å²) in [4.78, 5) is 28.4. The third-order valence-corrected chi connectivity index (χ3v) is 4.40. The molecule has 0 aliphatic heterocycles. The van der Waals surface area contributed by atoms with Gasteiger partial charge in [-0.25, -0.2) is 4.79 Å². The molecular formula is C5H8O7S3. The molecule has 88 valence electrons. The highest BCUT2D eigenvalue weighted by atomic mass is 33.5. The van der Waals surface area contributed by atoms with E-state index in [1.54, 1.807) is 0 Å². The lowest BCUT2D eigenvalue weighted by atomic mass is 10.8. The fourth-order valence-corrected chi connectivity index (χ4v) is 3.12. The lowest BCUT2D eigenvalue weighted by Crippen LogP contribution is -1.97. The Balaban J connectivity index is 0. The molecule has 0 radical (unpaired) electrons. The van der Waals surface area contributed by atoms with E-state index in [-0.39, 0.29) is 11.5 Å². The van der Waals surface area contributed by atoms with E-state index >= 15 is 0 Å². The first-order valence-corrected chi connectivity index (χ1v) is 6.95. The van der Waals surface area contributed by atoms with Crippen LogP contribution >= 0.6 is 31.4 Å². The van der Waals surface area contributed by atoms with Crippen molar-refractivity contribution in [2.45, 2.75) is 0 Å². The normalized spacial score (nSPS) is 8.53. The highest BCUT2D eigenvalue weighted by Gasteiger charge is 2.00. The van der Waals surface area contributed by atoms with E-state index in [0.29, 0.717) is 0 Å². The van der Waals surface area contributed by atoms with E-state index in [1.165, 1.54) is 9.83 Å². The molecule has 0 atom stereocenters. The van der Waals surface area contributed by atoms with Crippen molar-refractivity contribution in [3.05, 3.63) is 0 Å². The van der Waals surface area contributed by atoms with Gasteiger partial charge in [0.05, 0.1) is 0 Å². The minimum absolute atomic E-state index is 0.00269. The lowest BCUT2D eigenvalue weighted by Gasteiger charge is -1.93. The van der Waals surface area contributed by atoms with Gasteiger partial charge in [0.1, 0.15) is 11.5 Å². The molecule has 0 aromatic carbocycles. The zero-order valence-electron chi connectivity index (χ0n) is 7.15. The van der Waals surface area contributed by atoms with E-state index in [9.17, 15) is 9.59 Å². The van der Waals surface area contributed by atoms with Crippen molar-refractivity contribution in [1.29, 1.82) is 0 Å². The van der Waals surface area contributed by atoms with Crippen LogP contribution in [0.4, 0.5) is 4.79 Å². The van der Waals surface area contributed by atoms with Gasteiger partial charge >= 0.3 is 18.1 Å². The molecule has 0 spiro atoms. The number of carboxylic acids is 2. The summed E-state index contributed by atoms with van der Waals surface area (Å²) in [6.45, 7) is 0. The number of aliphatic carboxylic acids is 2. The SMILES string of the molecule is O=C(O)CSSSCC(=O)O.O=C(O)O. The molecule has 0 aromatic heterocycles. The Morgan fingerprint density at radius 2 is 1.07 bits per heavy atom. The third kappa shape index (κ3) is 31.9. The van der Waals surface area contributed by atoms with Gasteiger partial charge in [0.25, 0.3) is 0 Å². The lowest BCUT2D eigenvalue weighted by molar-refractivity contribution is -0.134. The zero-order chi connectivity index (χ0) is 12.3. The van der Waals surface area contributed by atoms with E-state index in [1.807, 2.05) is 0 Å². The second kappa shape index (κ2) is 11.3.